The van der Waals surface area contributed by atoms with E-state index in [4.69, 9.17) is 16.7 Å². The van der Waals surface area contributed by atoms with Gasteiger partial charge in [-0.15, -0.1) is 0 Å². The van der Waals surface area contributed by atoms with Crippen molar-refractivity contribution in [3.8, 4) is 0 Å². The molecule has 1 aromatic heterocycles. The predicted molar refractivity (Wildman–Crippen MR) is 51.5 cm³/mol. The molecule has 2 rings (SSSR count). The van der Waals surface area contributed by atoms with E-state index in [9.17, 15) is 4.79 Å². The highest BCUT2D eigenvalue weighted by Gasteiger charge is 2.25. The number of halogens is 1. The molecule has 0 radical (unpaired) electrons. The molecular formula is C9H11ClN2O2. The van der Waals surface area contributed by atoms with Gasteiger partial charge in [-0.2, -0.15) is 0 Å². The van der Waals surface area contributed by atoms with Gasteiger partial charge in [0.1, 0.15) is 0 Å². The van der Waals surface area contributed by atoms with E-state index < -0.39 is 5.97 Å². The highest BCUT2D eigenvalue weighted by Crippen LogP contribution is 2.34. The summed E-state index contributed by atoms with van der Waals surface area (Å²) < 4.78 is 1.96. The number of fused-ring (bicyclic) bond motifs is 1. The highest BCUT2D eigenvalue weighted by atomic mass is 35.5. The normalized spacial score (nSPS) is 20.5. The fourth-order valence-corrected chi connectivity index (χ4v) is 2.31. The smallest absolute Gasteiger partial charge is 0.304 e. The van der Waals surface area contributed by atoms with Gasteiger partial charge in [-0.1, -0.05) is 11.6 Å². The molecule has 14 heavy (non-hydrogen) atoms. The van der Waals surface area contributed by atoms with E-state index >= 15 is 0 Å². The third-order valence-electron chi connectivity index (χ3n) is 2.59. The lowest BCUT2D eigenvalue weighted by Gasteiger charge is -2.22. The van der Waals surface area contributed by atoms with Gasteiger partial charge >= 0.3 is 5.97 Å². The fraction of sp³-hybridized carbons (Fsp3) is 0.556. The van der Waals surface area contributed by atoms with Gasteiger partial charge in [0.25, 0.3) is 0 Å². The first-order valence-corrected chi connectivity index (χ1v) is 4.98. The third kappa shape index (κ3) is 1.62. The number of carboxylic acids is 1. The first kappa shape index (κ1) is 9.52. The van der Waals surface area contributed by atoms with Crippen LogP contribution in [-0.4, -0.2) is 20.6 Å². The Hall–Kier alpha value is -1.03. The van der Waals surface area contributed by atoms with Gasteiger partial charge in [-0.3, -0.25) is 4.79 Å². The summed E-state index contributed by atoms with van der Waals surface area (Å²) in [5, 5.41) is 9.20. The van der Waals surface area contributed by atoms with Gasteiger partial charge in [-0.05, 0) is 12.8 Å². The van der Waals surface area contributed by atoms with Crippen molar-refractivity contribution in [3.05, 3.63) is 17.2 Å². The summed E-state index contributed by atoms with van der Waals surface area (Å²) in [6.45, 7) is 0.894. The van der Waals surface area contributed by atoms with Crippen molar-refractivity contribution in [2.45, 2.75) is 31.7 Å². The molecule has 0 saturated carbocycles. The van der Waals surface area contributed by atoms with E-state index in [1.165, 1.54) is 0 Å². The number of carbonyl (C=O) groups is 1. The average Bonchev–Trinajstić information content (AvgIpc) is 2.48. The molecule has 1 atom stereocenters. The first-order valence-electron chi connectivity index (χ1n) is 4.61. The molecule has 1 unspecified atom stereocenters. The van der Waals surface area contributed by atoms with Crippen LogP contribution in [0.2, 0.25) is 5.15 Å². The lowest BCUT2D eigenvalue weighted by molar-refractivity contribution is -0.137. The van der Waals surface area contributed by atoms with Crippen LogP contribution >= 0.6 is 11.6 Å². The molecule has 1 aliphatic rings. The average molecular weight is 215 g/mol. The van der Waals surface area contributed by atoms with Crippen molar-refractivity contribution in [2.24, 2.45) is 0 Å². The Kier molecular flexibility index (Phi) is 2.46. The summed E-state index contributed by atoms with van der Waals surface area (Å²) in [7, 11) is 0. The highest BCUT2D eigenvalue weighted by molar-refractivity contribution is 6.30. The maximum absolute atomic E-state index is 10.6. The van der Waals surface area contributed by atoms with Crippen molar-refractivity contribution in [1.82, 2.24) is 9.55 Å². The molecule has 1 aliphatic heterocycles. The van der Waals surface area contributed by atoms with Gasteiger partial charge in [-0.25, -0.2) is 4.98 Å². The Labute approximate surface area is 86.5 Å². The molecule has 76 valence electrons. The van der Waals surface area contributed by atoms with Crippen LogP contribution in [0.3, 0.4) is 0 Å². The van der Waals surface area contributed by atoms with Crippen LogP contribution in [0.25, 0.3) is 0 Å². The molecule has 1 N–H and O–H groups in total. The molecular weight excluding hydrogens is 204 g/mol. The standard InChI is InChI=1S/C9H11ClN2O2/c10-9-8-6(4-7(13)14)2-1-3-12(8)5-11-9/h5-6H,1-4H2,(H,13,14). The van der Waals surface area contributed by atoms with Gasteiger partial charge in [0.2, 0.25) is 0 Å². The molecule has 4 nitrogen and oxygen atoms in total. The number of rotatable bonds is 2. The van der Waals surface area contributed by atoms with E-state index in [-0.39, 0.29) is 12.3 Å². The number of aryl methyl sites for hydroxylation is 1. The number of aromatic nitrogens is 2. The Morgan fingerprint density at radius 2 is 2.57 bits per heavy atom. The summed E-state index contributed by atoms with van der Waals surface area (Å²) in [5.74, 6) is -0.753. The molecule has 0 saturated heterocycles. The van der Waals surface area contributed by atoms with Crippen LogP contribution in [-0.2, 0) is 11.3 Å². The second-order valence-corrected chi connectivity index (χ2v) is 3.91. The van der Waals surface area contributed by atoms with E-state index in [0.29, 0.717) is 5.15 Å². The SMILES string of the molecule is O=C(O)CC1CCCn2cnc(Cl)c21. The van der Waals surface area contributed by atoms with Crippen molar-refractivity contribution in [2.75, 3.05) is 0 Å². The van der Waals surface area contributed by atoms with Gasteiger partial charge in [0.15, 0.2) is 5.15 Å². The zero-order valence-corrected chi connectivity index (χ0v) is 8.37. The molecule has 0 spiro atoms. The third-order valence-corrected chi connectivity index (χ3v) is 2.88. The van der Waals surface area contributed by atoms with Gasteiger partial charge in [0.05, 0.1) is 18.4 Å². The van der Waals surface area contributed by atoms with Crippen molar-refractivity contribution < 1.29 is 9.90 Å². The Morgan fingerprint density at radius 1 is 1.79 bits per heavy atom. The molecule has 0 aliphatic carbocycles. The minimum atomic E-state index is -0.777. The number of aliphatic carboxylic acids is 1. The largest absolute Gasteiger partial charge is 0.481 e. The van der Waals surface area contributed by atoms with Crippen molar-refractivity contribution in [1.29, 1.82) is 0 Å². The van der Waals surface area contributed by atoms with E-state index in [0.717, 1.165) is 25.1 Å². The second-order valence-electron chi connectivity index (χ2n) is 3.55. The maximum Gasteiger partial charge on any atom is 0.304 e. The number of hydrogen-bond donors (Lipinski definition) is 1. The number of hydrogen-bond acceptors (Lipinski definition) is 2. The van der Waals surface area contributed by atoms with Crippen LogP contribution < -0.4 is 0 Å². The van der Waals surface area contributed by atoms with Crippen molar-refractivity contribution in [3.63, 3.8) is 0 Å². The van der Waals surface area contributed by atoms with Crippen molar-refractivity contribution >= 4 is 17.6 Å². The molecule has 5 heteroatoms. The second kappa shape index (κ2) is 3.61. The first-order chi connectivity index (χ1) is 6.68. The predicted octanol–water partition coefficient (Wildman–Crippen LogP) is 1.89. The summed E-state index contributed by atoms with van der Waals surface area (Å²) in [6, 6.07) is 0. The lowest BCUT2D eigenvalue weighted by Crippen LogP contribution is -2.17. The fourth-order valence-electron chi connectivity index (χ4n) is 2.00. The quantitative estimate of drug-likeness (QED) is 0.818. The molecule has 1 aromatic rings. The minimum Gasteiger partial charge on any atom is -0.481 e. The van der Waals surface area contributed by atoms with E-state index in [1.807, 2.05) is 4.57 Å². The Bertz CT molecular complexity index is 362. The monoisotopic (exact) mass is 214 g/mol. The van der Waals surface area contributed by atoms with E-state index in [2.05, 4.69) is 4.98 Å². The summed E-state index contributed by atoms with van der Waals surface area (Å²) in [6.07, 6.45) is 3.71. The maximum atomic E-state index is 10.6. The molecule has 0 aromatic carbocycles. The number of nitrogens with zero attached hydrogens (tertiary/aromatic N) is 2. The molecule has 2 heterocycles. The Morgan fingerprint density at radius 3 is 3.29 bits per heavy atom. The summed E-state index contributed by atoms with van der Waals surface area (Å²) >= 11 is 5.91. The zero-order valence-electron chi connectivity index (χ0n) is 7.61. The van der Waals surface area contributed by atoms with Crippen LogP contribution in [0.1, 0.15) is 30.9 Å². The zero-order chi connectivity index (χ0) is 10.1. The number of imidazole rings is 1. The minimum absolute atomic E-state index is 0.0243. The van der Waals surface area contributed by atoms with Crippen LogP contribution in [0.4, 0.5) is 0 Å². The lowest BCUT2D eigenvalue weighted by atomic mass is 9.93. The topological polar surface area (TPSA) is 55.1 Å². The summed E-state index contributed by atoms with van der Waals surface area (Å²) in [4.78, 5) is 14.6. The van der Waals surface area contributed by atoms with Gasteiger partial charge in [0, 0.05) is 12.5 Å². The van der Waals surface area contributed by atoms with Crippen LogP contribution in [0.15, 0.2) is 6.33 Å². The molecule has 0 amide bonds. The molecule has 0 fully saturated rings. The summed E-state index contributed by atoms with van der Waals surface area (Å²) in [5.41, 5.74) is 0.889. The van der Waals surface area contributed by atoms with E-state index in [1.54, 1.807) is 6.33 Å². The van der Waals surface area contributed by atoms with Crippen LogP contribution in [0.5, 0.6) is 0 Å². The number of carboxylic acid groups (broad SMARTS) is 1. The Balaban J connectivity index is 2.29. The van der Waals surface area contributed by atoms with Gasteiger partial charge < -0.3 is 9.67 Å². The van der Waals surface area contributed by atoms with Crippen LogP contribution in [0, 0.1) is 0 Å². The molecule has 0 bridgehead atoms.